The summed E-state index contributed by atoms with van der Waals surface area (Å²) in [6, 6.07) is 0. The minimum Gasteiger partial charge on any atom is -0.593 e. The van der Waals surface area contributed by atoms with Crippen LogP contribution in [-0.2, 0) is 11.4 Å². The Balaban J connectivity index is 2.60. The second-order valence-electron chi connectivity index (χ2n) is 3.38. The molecule has 0 saturated carbocycles. The van der Waals surface area contributed by atoms with E-state index in [1.54, 1.807) is 5.41 Å². The SMILES string of the molecule is CC(C)(C)N1CC=C[S+]1[O-]. The van der Waals surface area contributed by atoms with Gasteiger partial charge in [0.15, 0.2) is 0 Å². The van der Waals surface area contributed by atoms with Crippen molar-refractivity contribution < 1.29 is 4.55 Å². The van der Waals surface area contributed by atoms with Gasteiger partial charge in [-0.2, -0.15) is 0 Å². The normalized spacial score (nSPS) is 27.8. The average molecular weight is 159 g/mol. The first-order valence-corrected chi connectivity index (χ1v) is 4.54. The van der Waals surface area contributed by atoms with Crippen LogP contribution in [0.3, 0.4) is 0 Å². The molecule has 1 atom stereocenters. The monoisotopic (exact) mass is 159 g/mol. The number of rotatable bonds is 0. The molecule has 0 saturated heterocycles. The topological polar surface area (TPSA) is 26.3 Å². The number of hydrogen-bond donors (Lipinski definition) is 0. The lowest BCUT2D eigenvalue weighted by Gasteiger charge is -2.29. The average Bonchev–Trinajstić information content (AvgIpc) is 2.11. The fraction of sp³-hybridized carbons (Fsp3) is 0.714. The van der Waals surface area contributed by atoms with Gasteiger partial charge >= 0.3 is 0 Å². The van der Waals surface area contributed by atoms with E-state index < -0.39 is 11.4 Å². The third-order valence-corrected chi connectivity index (χ3v) is 3.01. The molecule has 0 N–H and O–H groups in total. The van der Waals surface area contributed by atoms with Gasteiger partial charge in [-0.15, -0.1) is 4.31 Å². The van der Waals surface area contributed by atoms with Crippen LogP contribution in [0.5, 0.6) is 0 Å². The highest BCUT2D eigenvalue weighted by molar-refractivity contribution is 7.92. The van der Waals surface area contributed by atoms with Crippen LogP contribution in [0.1, 0.15) is 20.8 Å². The van der Waals surface area contributed by atoms with Crippen molar-refractivity contribution in [3.05, 3.63) is 11.5 Å². The summed E-state index contributed by atoms with van der Waals surface area (Å²) in [5, 5.41) is 1.74. The van der Waals surface area contributed by atoms with Gasteiger partial charge in [0.2, 0.25) is 0 Å². The molecule has 0 spiro atoms. The maximum atomic E-state index is 11.2. The predicted molar refractivity (Wildman–Crippen MR) is 43.7 cm³/mol. The summed E-state index contributed by atoms with van der Waals surface area (Å²) in [6.45, 7) is 7.02. The smallest absolute Gasteiger partial charge is 0.136 e. The molecule has 2 nitrogen and oxygen atoms in total. The number of hydrogen-bond acceptors (Lipinski definition) is 2. The van der Waals surface area contributed by atoms with Gasteiger partial charge < -0.3 is 4.55 Å². The third kappa shape index (κ3) is 1.54. The van der Waals surface area contributed by atoms with Crippen LogP contribution >= 0.6 is 0 Å². The molecule has 10 heavy (non-hydrogen) atoms. The van der Waals surface area contributed by atoms with Gasteiger partial charge in [-0.3, -0.25) is 0 Å². The molecule has 0 fully saturated rings. The van der Waals surface area contributed by atoms with Crippen molar-refractivity contribution in [1.29, 1.82) is 0 Å². The fourth-order valence-electron chi connectivity index (χ4n) is 0.912. The highest BCUT2D eigenvalue weighted by Crippen LogP contribution is 2.22. The minimum absolute atomic E-state index is 0.0222. The van der Waals surface area contributed by atoms with E-state index >= 15 is 0 Å². The Morgan fingerprint density at radius 2 is 2.10 bits per heavy atom. The molecular formula is C7H13NOS. The van der Waals surface area contributed by atoms with Crippen molar-refractivity contribution in [2.75, 3.05) is 6.54 Å². The Labute approximate surface area is 65.2 Å². The molecule has 0 aliphatic carbocycles. The lowest BCUT2D eigenvalue weighted by atomic mass is 10.1. The molecule has 1 aliphatic rings. The molecule has 1 heterocycles. The summed E-state index contributed by atoms with van der Waals surface area (Å²) >= 11 is -0.877. The van der Waals surface area contributed by atoms with Crippen LogP contribution in [0.15, 0.2) is 11.5 Å². The maximum absolute atomic E-state index is 11.2. The first-order chi connectivity index (χ1) is 4.52. The minimum atomic E-state index is -0.877. The lowest BCUT2D eigenvalue weighted by molar-refractivity contribution is 0.277. The zero-order valence-electron chi connectivity index (χ0n) is 6.63. The van der Waals surface area contributed by atoms with Gasteiger partial charge in [0.1, 0.15) is 5.41 Å². The summed E-state index contributed by atoms with van der Waals surface area (Å²) in [5.41, 5.74) is 0.0222. The summed E-state index contributed by atoms with van der Waals surface area (Å²) in [5.74, 6) is 0. The van der Waals surface area contributed by atoms with Crippen LogP contribution in [0.25, 0.3) is 0 Å². The van der Waals surface area contributed by atoms with Crippen LogP contribution in [-0.4, -0.2) is 20.9 Å². The molecule has 1 rings (SSSR count). The molecular weight excluding hydrogens is 146 g/mol. The first-order valence-electron chi connectivity index (χ1n) is 3.37. The Morgan fingerprint density at radius 3 is 2.30 bits per heavy atom. The van der Waals surface area contributed by atoms with E-state index in [1.807, 2.05) is 10.4 Å². The van der Waals surface area contributed by atoms with Crippen LogP contribution in [0.4, 0.5) is 0 Å². The molecule has 0 amide bonds. The fourth-order valence-corrected chi connectivity index (χ4v) is 2.08. The van der Waals surface area contributed by atoms with E-state index in [4.69, 9.17) is 0 Å². The quantitative estimate of drug-likeness (QED) is 0.498. The van der Waals surface area contributed by atoms with E-state index in [0.717, 1.165) is 6.54 Å². The molecule has 1 unspecified atom stereocenters. The third-order valence-electron chi connectivity index (χ3n) is 1.45. The number of nitrogens with zero attached hydrogens (tertiary/aromatic N) is 1. The zero-order valence-corrected chi connectivity index (χ0v) is 7.44. The van der Waals surface area contributed by atoms with Crippen molar-refractivity contribution in [2.45, 2.75) is 26.3 Å². The standard InChI is InChI=1S/C7H13NOS/c1-7(2,3)8-5-4-6-10(8)9/h4,6H,5H2,1-3H3. The van der Waals surface area contributed by atoms with Crippen molar-refractivity contribution in [3.8, 4) is 0 Å². The van der Waals surface area contributed by atoms with Gasteiger partial charge in [0.25, 0.3) is 0 Å². The van der Waals surface area contributed by atoms with E-state index in [-0.39, 0.29) is 5.54 Å². The van der Waals surface area contributed by atoms with Crippen molar-refractivity contribution in [3.63, 3.8) is 0 Å². The first kappa shape index (κ1) is 8.11. The Kier molecular flexibility index (Phi) is 2.08. The highest BCUT2D eigenvalue weighted by Gasteiger charge is 2.32. The van der Waals surface area contributed by atoms with Crippen molar-refractivity contribution in [2.24, 2.45) is 0 Å². The molecule has 0 aromatic carbocycles. The van der Waals surface area contributed by atoms with Crippen molar-refractivity contribution in [1.82, 2.24) is 4.31 Å². The second-order valence-corrected chi connectivity index (χ2v) is 4.65. The maximum Gasteiger partial charge on any atom is 0.136 e. The molecule has 0 bridgehead atoms. The van der Waals surface area contributed by atoms with E-state index in [2.05, 4.69) is 20.8 Å². The lowest BCUT2D eigenvalue weighted by Crippen LogP contribution is -2.42. The van der Waals surface area contributed by atoms with Gasteiger partial charge in [-0.25, -0.2) is 0 Å². The van der Waals surface area contributed by atoms with Crippen LogP contribution in [0.2, 0.25) is 0 Å². The van der Waals surface area contributed by atoms with Gasteiger partial charge in [0.05, 0.1) is 23.4 Å². The molecule has 1 aliphatic heterocycles. The Morgan fingerprint density at radius 1 is 1.50 bits per heavy atom. The molecule has 58 valence electrons. The summed E-state index contributed by atoms with van der Waals surface area (Å²) in [6.07, 6.45) is 1.95. The predicted octanol–water partition coefficient (Wildman–Crippen LogP) is 1.28. The summed E-state index contributed by atoms with van der Waals surface area (Å²) in [7, 11) is 0. The van der Waals surface area contributed by atoms with Gasteiger partial charge in [0, 0.05) is 0 Å². The Bertz CT molecular complexity index is 150. The molecule has 0 radical (unpaired) electrons. The van der Waals surface area contributed by atoms with Crippen molar-refractivity contribution >= 4 is 11.4 Å². The zero-order chi connectivity index (χ0) is 7.78. The van der Waals surface area contributed by atoms with Crippen LogP contribution < -0.4 is 0 Å². The van der Waals surface area contributed by atoms with E-state index in [0.29, 0.717) is 0 Å². The molecule has 3 heteroatoms. The van der Waals surface area contributed by atoms with Gasteiger partial charge in [-0.05, 0) is 26.8 Å². The molecule has 0 aromatic rings. The summed E-state index contributed by atoms with van der Waals surface area (Å²) in [4.78, 5) is 0. The van der Waals surface area contributed by atoms with E-state index in [1.165, 1.54) is 0 Å². The van der Waals surface area contributed by atoms with E-state index in [9.17, 15) is 4.55 Å². The second kappa shape index (κ2) is 2.57. The Hall–Kier alpha value is 0.01000. The molecule has 0 aromatic heterocycles. The largest absolute Gasteiger partial charge is 0.593 e. The van der Waals surface area contributed by atoms with Crippen LogP contribution in [0, 0.1) is 0 Å². The highest BCUT2D eigenvalue weighted by atomic mass is 32.2. The summed E-state index contributed by atoms with van der Waals surface area (Å²) < 4.78 is 13.1. The van der Waals surface area contributed by atoms with Gasteiger partial charge in [-0.1, -0.05) is 0 Å².